The molecule has 22 heavy (non-hydrogen) atoms. The molecule has 0 radical (unpaired) electrons. The first kappa shape index (κ1) is 14.5. The Morgan fingerprint density at radius 3 is 2.64 bits per heavy atom. The number of non-ortho nitro benzene ring substituents is 1. The fourth-order valence-electron chi connectivity index (χ4n) is 2.60. The third-order valence-electron chi connectivity index (χ3n) is 3.82. The van der Waals surface area contributed by atoms with E-state index in [1.807, 2.05) is 0 Å². The number of nitro groups is 1. The Balaban J connectivity index is 2.05. The molecule has 1 fully saturated rings. The molecule has 9 heteroatoms. The van der Waals surface area contributed by atoms with Gasteiger partial charge in [0.25, 0.3) is 11.6 Å². The van der Waals surface area contributed by atoms with Crippen LogP contribution in [-0.4, -0.2) is 15.1 Å². The van der Waals surface area contributed by atoms with Gasteiger partial charge in [0.1, 0.15) is 0 Å². The first-order valence-electron chi connectivity index (χ1n) is 6.67. The van der Waals surface area contributed by atoms with Gasteiger partial charge in [-0.1, -0.05) is 18.0 Å². The fourth-order valence-corrected chi connectivity index (χ4v) is 2.60. The van der Waals surface area contributed by atoms with E-state index in [-0.39, 0.29) is 11.7 Å². The van der Waals surface area contributed by atoms with E-state index in [1.165, 1.54) is 0 Å². The minimum absolute atomic E-state index is 0.200. The summed E-state index contributed by atoms with van der Waals surface area (Å²) in [4.78, 5) is 13.9. The number of aromatic nitrogens is 2. The molecule has 1 aromatic carbocycles. The average Bonchev–Trinajstić information content (AvgIpc) is 3.11. The van der Waals surface area contributed by atoms with E-state index in [0.29, 0.717) is 18.9 Å². The van der Waals surface area contributed by atoms with Crippen LogP contribution in [0.1, 0.15) is 31.5 Å². The topological polar surface area (TPSA) is 108 Å². The molecule has 1 aliphatic carbocycles. The summed E-state index contributed by atoms with van der Waals surface area (Å²) in [5.41, 5.74) is 4.35. The number of benzene rings is 1. The monoisotopic (exact) mass is 310 g/mol. The van der Waals surface area contributed by atoms with Crippen molar-refractivity contribution in [3.63, 3.8) is 0 Å². The molecule has 0 bridgehead atoms. The van der Waals surface area contributed by atoms with Gasteiger partial charge in [-0.15, -0.1) is 0 Å². The van der Waals surface area contributed by atoms with Gasteiger partial charge in [0.2, 0.25) is 0 Å². The van der Waals surface area contributed by atoms with E-state index in [2.05, 4.69) is 10.1 Å². The molecule has 2 aromatic rings. The summed E-state index contributed by atoms with van der Waals surface area (Å²) < 4.78 is 32.3. The van der Waals surface area contributed by atoms with Crippen molar-refractivity contribution in [2.45, 2.75) is 31.2 Å². The maximum atomic E-state index is 13.9. The normalized spacial score (nSPS) is 16.9. The zero-order valence-corrected chi connectivity index (χ0v) is 11.4. The van der Waals surface area contributed by atoms with Gasteiger partial charge >= 0.3 is 0 Å². The molecule has 1 saturated carbocycles. The van der Waals surface area contributed by atoms with Gasteiger partial charge in [-0.3, -0.25) is 10.1 Å². The van der Waals surface area contributed by atoms with Crippen LogP contribution >= 0.6 is 0 Å². The highest BCUT2D eigenvalue weighted by atomic mass is 19.2. The second-order valence-electron chi connectivity index (χ2n) is 5.33. The Hall–Kier alpha value is -2.42. The molecule has 0 spiro atoms. The van der Waals surface area contributed by atoms with Crippen molar-refractivity contribution in [3.8, 4) is 11.5 Å². The highest BCUT2D eigenvalue weighted by Crippen LogP contribution is 2.36. The molecule has 1 heterocycles. The largest absolute Gasteiger partial charge is 0.334 e. The van der Waals surface area contributed by atoms with E-state index < -0.39 is 33.3 Å². The number of rotatable bonds is 3. The first-order chi connectivity index (χ1) is 10.4. The first-order valence-corrected chi connectivity index (χ1v) is 6.67. The van der Waals surface area contributed by atoms with Crippen molar-refractivity contribution in [1.82, 2.24) is 10.1 Å². The highest BCUT2D eigenvalue weighted by molar-refractivity contribution is 5.59. The molecule has 2 N–H and O–H groups in total. The fraction of sp³-hybridized carbons (Fsp3) is 0.385. The molecule has 3 rings (SSSR count). The summed E-state index contributed by atoms with van der Waals surface area (Å²) in [7, 11) is 0. The van der Waals surface area contributed by atoms with Gasteiger partial charge in [-0.2, -0.15) is 4.98 Å². The van der Waals surface area contributed by atoms with Gasteiger partial charge in [0.15, 0.2) is 17.5 Å². The van der Waals surface area contributed by atoms with Crippen LogP contribution in [0.4, 0.5) is 14.5 Å². The summed E-state index contributed by atoms with van der Waals surface area (Å²) in [6.45, 7) is 0. The third kappa shape index (κ3) is 2.33. The van der Waals surface area contributed by atoms with Gasteiger partial charge in [-0.05, 0) is 12.8 Å². The predicted molar refractivity (Wildman–Crippen MR) is 70.6 cm³/mol. The van der Waals surface area contributed by atoms with E-state index in [0.717, 1.165) is 18.9 Å². The van der Waals surface area contributed by atoms with Gasteiger partial charge in [0.05, 0.1) is 22.1 Å². The summed E-state index contributed by atoms with van der Waals surface area (Å²) >= 11 is 0. The summed E-state index contributed by atoms with van der Waals surface area (Å²) in [5, 5.41) is 14.5. The lowest BCUT2D eigenvalue weighted by atomic mass is 9.98. The zero-order valence-electron chi connectivity index (χ0n) is 11.4. The van der Waals surface area contributed by atoms with Gasteiger partial charge < -0.3 is 10.3 Å². The molecule has 1 aromatic heterocycles. The van der Waals surface area contributed by atoms with Crippen LogP contribution in [0.15, 0.2) is 16.7 Å². The molecule has 0 unspecified atom stereocenters. The lowest BCUT2D eigenvalue weighted by Crippen LogP contribution is -2.34. The lowest BCUT2D eigenvalue weighted by Gasteiger charge is -2.17. The van der Waals surface area contributed by atoms with Crippen molar-refractivity contribution in [3.05, 3.63) is 39.7 Å². The Morgan fingerprint density at radius 2 is 2.00 bits per heavy atom. The number of nitro benzene ring substituents is 1. The van der Waals surface area contributed by atoms with E-state index in [1.54, 1.807) is 0 Å². The number of nitrogens with two attached hydrogens (primary N) is 1. The van der Waals surface area contributed by atoms with E-state index in [4.69, 9.17) is 10.3 Å². The lowest BCUT2D eigenvalue weighted by molar-refractivity contribution is -0.385. The summed E-state index contributed by atoms with van der Waals surface area (Å²) in [6, 6.07) is 1.35. The van der Waals surface area contributed by atoms with Gasteiger partial charge in [0, 0.05) is 6.07 Å². The number of halogens is 2. The van der Waals surface area contributed by atoms with Crippen LogP contribution in [-0.2, 0) is 5.54 Å². The minimum Gasteiger partial charge on any atom is -0.334 e. The van der Waals surface area contributed by atoms with Crippen molar-refractivity contribution in [2.24, 2.45) is 5.73 Å². The van der Waals surface area contributed by atoms with Crippen LogP contribution in [0.3, 0.4) is 0 Å². The van der Waals surface area contributed by atoms with Crippen LogP contribution < -0.4 is 5.73 Å². The maximum Gasteiger partial charge on any atom is 0.273 e. The van der Waals surface area contributed by atoms with Crippen molar-refractivity contribution >= 4 is 5.69 Å². The molecular weight excluding hydrogens is 298 g/mol. The average molecular weight is 310 g/mol. The number of hydrogen-bond acceptors (Lipinski definition) is 6. The summed E-state index contributed by atoms with van der Waals surface area (Å²) in [6.07, 6.45) is 3.16. The van der Waals surface area contributed by atoms with Crippen molar-refractivity contribution in [2.75, 3.05) is 0 Å². The molecule has 1 aliphatic rings. The summed E-state index contributed by atoms with van der Waals surface area (Å²) in [5.74, 6) is -2.76. The number of nitrogens with zero attached hydrogens (tertiary/aromatic N) is 3. The second kappa shape index (κ2) is 5.09. The molecule has 0 aliphatic heterocycles. The van der Waals surface area contributed by atoms with Crippen molar-refractivity contribution in [1.29, 1.82) is 0 Å². The quantitative estimate of drug-likeness (QED) is 0.689. The molecule has 0 saturated heterocycles. The zero-order chi connectivity index (χ0) is 15.9. The highest BCUT2D eigenvalue weighted by Gasteiger charge is 2.36. The smallest absolute Gasteiger partial charge is 0.273 e. The predicted octanol–water partition coefficient (Wildman–Crippen LogP) is 2.65. The Kier molecular flexibility index (Phi) is 3.36. The van der Waals surface area contributed by atoms with E-state index in [9.17, 15) is 18.9 Å². The molecule has 0 atom stereocenters. The van der Waals surface area contributed by atoms with Gasteiger partial charge in [-0.25, -0.2) is 8.78 Å². The van der Waals surface area contributed by atoms with Crippen molar-refractivity contribution < 1.29 is 18.2 Å². The molecule has 0 amide bonds. The molecular formula is C13H12F2N4O3. The van der Waals surface area contributed by atoms with Crippen LogP contribution in [0.25, 0.3) is 11.5 Å². The number of hydrogen-bond donors (Lipinski definition) is 1. The minimum atomic E-state index is -1.35. The Labute approximate surface area is 123 Å². The Morgan fingerprint density at radius 1 is 1.32 bits per heavy atom. The molecule has 7 nitrogen and oxygen atoms in total. The standard InChI is InChI=1S/C13H12F2N4O3/c14-9-6-7(19(20)21)5-8(10(9)15)11-17-12(18-22-11)13(16)3-1-2-4-13/h5-6H,1-4,16H2. The SMILES string of the molecule is NC1(c2noc(-c3cc([N+](=O)[O-])cc(F)c3F)n2)CCCC1. The van der Waals surface area contributed by atoms with Crippen LogP contribution in [0.2, 0.25) is 0 Å². The van der Waals surface area contributed by atoms with E-state index >= 15 is 0 Å². The maximum absolute atomic E-state index is 13.9. The van der Waals surface area contributed by atoms with Crippen LogP contribution in [0.5, 0.6) is 0 Å². The Bertz CT molecular complexity index is 741. The third-order valence-corrected chi connectivity index (χ3v) is 3.82. The second-order valence-corrected chi connectivity index (χ2v) is 5.33. The molecule has 116 valence electrons. The van der Waals surface area contributed by atoms with Crippen LogP contribution in [0, 0.1) is 21.7 Å².